The van der Waals surface area contributed by atoms with Crippen LogP contribution in [-0.4, -0.2) is 23.1 Å². The fourth-order valence-electron chi connectivity index (χ4n) is 1.99. The van der Waals surface area contributed by atoms with Crippen LogP contribution in [-0.2, 0) is 9.59 Å². The Morgan fingerprint density at radius 1 is 1.12 bits per heavy atom. The van der Waals surface area contributed by atoms with Crippen molar-refractivity contribution in [1.82, 2.24) is 5.43 Å². The Bertz CT molecular complexity index is 834. The standard InChI is InChI=1S/C18H18BrN3O3/c1-11-3-5-14(7-12(11)2)21-17(24)9-18(25)22-20-10-13-4-6-16(23)15(19)8-13/h3-8,10,23H,9H2,1-2H3,(H,21,24)(H,22,25)/b20-10+. The summed E-state index contributed by atoms with van der Waals surface area (Å²) < 4.78 is 0.524. The summed E-state index contributed by atoms with van der Waals surface area (Å²) in [4.78, 5) is 23.6. The molecule has 2 aromatic carbocycles. The highest BCUT2D eigenvalue weighted by molar-refractivity contribution is 9.10. The molecule has 0 aliphatic heterocycles. The number of rotatable bonds is 5. The van der Waals surface area contributed by atoms with Gasteiger partial charge in [-0.2, -0.15) is 5.10 Å². The Hall–Kier alpha value is -2.67. The predicted octanol–water partition coefficient (Wildman–Crippen LogP) is 3.25. The zero-order valence-corrected chi connectivity index (χ0v) is 15.4. The summed E-state index contributed by atoms with van der Waals surface area (Å²) in [6.45, 7) is 3.94. The van der Waals surface area contributed by atoms with Crippen molar-refractivity contribution >= 4 is 39.6 Å². The maximum absolute atomic E-state index is 11.9. The van der Waals surface area contributed by atoms with Crippen LogP contribution in [0.15, 0.2) is 46.0 Å². The second-order valence-corrected chi connectivity index (χ2v) is 6.38. The third kappa shape index (κ3) is 5.72. The van der Waals surface area contributed by atoms with Crippen molar-refractivity contribution in [2.24, 2.45) is 5.10 Å². The molecule has 0 bridgehead atoms. The van der Waals surface area contributed by atoms with Gasteiger partial charge in [0.25, 0.3) is 0 Å². The van der Waals surface area contributed by atoms with Crippen molar-refractivity contribution in [3.63, 3.8) is 0 Å². The zero-order valence-electron chi connectivity index (χ0n) is 13.8. The van der Waals surface area contributed by atoms with Crippen molar-refractivity contribution in [3.8, 4) is 5.75 Å². The number of aromatic hydroxyl groups is 1. The Labute approximate surface area is 154 Å². The summed E-state index contributed by atoms with van der Waals surface area (Å²) in [6.07, 6.45) is 1.09. The van der Waals surface area contributed by atoms with Crippen LogP contribution >= 0.6 is 15.9 Å². The van der Waals surface area contributed by atoms with E-state index in [-0.39, 0.29) is 12.2 Å². The highest BCUT2D eigenvalue weighted by Crippen LogP contribution is 2.23. The third-order valence-corrected chi connectivity index (χ3v) is 4.12. The van der Waals surface area contributed by atoms with E-state index in [0.29, 0.717) is 15.7 Å². The first-order valence-corrected chi connectivity index (χ1v) is 8.32. The number of carbonyl (C=O) groups is 2. The quantitative estimate of drug-likeness (QED) is 0.406. The van der Waals surface area contributed by atoms with Crippen LogP contribution in [0.1, 0.15) is 23.1 Å². The monoisotopic (exact) mass is 403 g/mol. The van der Waals surface area contributed by atoms with E-state index in [0.717, 1.165) is 11.1 Å². The Balaban J connectivity index is 1.84. The molecule has 0 spiro atoms. The number of benzene rings is 2. The molecule has 25 heavy (non-hydrogen) atoms. The normalized spacial score (nSPS) is 10.7. The van der Waals surface area contributed by atoms with Gasteiger partial charge in [-0.15, -0.1) is 0 Å². The molecule has 130 valence electrons. The highest BCUT2D eigenvalue weighted by atomic mass is 79.9. The first-order valence-electron chi connectivity index (χ1n) is 7.52. The number of anilines is 1. The van der Waals surface area contributed by atoms with E-state index in [1.54, 1.807) is 18.2 Å². The number of amides is 2. The molecule has 2 amide bonds. The van der Waals surface area contributed by atoms with E-state index in [2.05, 4.69) is 31.8 Å². The fourth-order valence-corrected chi connectivity index (χ4v) is 2.39. The maximum Gasteiger partial charge on any atom is 0.249 e. The molecular formula is C18H18BrN3O3. The Kier molecular flexibility index (Phi) is 6.30. The van der Waals surface area contributed by atoms with Crippen LogP contribution in [0, 0.1) is 13.8 Å². The lowest BCUT2D eigenvalue weighted by molar-refractivity contribution is -0.126. The number of phenols is 1. The molecule has 0 aliphatic carbocycles. The van der Waals surface area contributed by atoms with E-state index in [1.807, 2.05) is 26.0 Å². The molecule has 6 nitrogen and oxygen atoms in total. The van der Waals surface area contributed by atoms with Crippen LogP contribution < -0.4 is 10.7 Å². The average Bonchev–Trinajstić information content (AvgIpc) is 2.54. The van der Waals surface area contributed by atoms with Crippen molar-refractivity contribution in [2.45, 2.75) is 20.3 Å². The number of nitrogens with zero attached hydrogens (tertiary/aromatic N) is 1. The second kappa shape index (κ2) is 8.43. The van der Waals surface area contributed by atoms with Crippen LogP contribution in [0.4, 0.5) is 5.69 Å². The van der Waals surface area contributed by atoms with E-state index in [4.69, 9.17) is 0 Å². The van der Waals surface area contributed by atoms with Gasteiger partial charge in [0, 0.05) is 5.69 Å². The largest absolute Gasteiger partial charge is 0.507 e. The van der Waals surface area contributed by atoms with Gasteiger partial charge in [-0.25, -0.2) is 5.43 Å². The molecule has 0 aromatic heterocycles. The molecule has 0 radical (unpaired) electrons. The summed E-state index contributed by atoms with van der Waals surface area (Å²) in [5.74, 6) is -0.817. The van der Waals surface area contributed by atoms with Gasteiger partial charge in [0.1, 0.15) is 12.2 Å². The van der Waals surface area contributed by atoms with Gasteiger partial charge in [0.15, 0.2) is 0 Å². The molecular weight excluding hydrogens is 386 g/mol. The third-order valence-electron chi connectivity index (χ3n) is 3.49. The van der Waals surface area contributed by atoms with Crippen LogP contribution in [0.5, 0.6) is 5.75 Å². The summed E-state index contributed by atoms with van der Waals surface area (Å²) in [6, 6.07) is 10.3. The second-order valence-electron chi connectivity index (χ2n) is 5.53. The molecule has 0 atom stereocenters. The van der Waals surface area contributed by atoms with Gasteiger partial charge < -0.3 is 10.4 Å². The van der Waals surface area contributed by atoms with Gasteiger partial charge in [0.05, 0.1) is 10.7 Å². The smallest absolute Gasteiger partial charge is 0.249 e. The molecule has 0 heterocycles. The van der Waals surface area contributed by atoms with Crippen molar-refractivity contribution in [3.05, 3.63) is 57.6 Å². The molecule has 2 aromatic rings. The number of carbonyl (C=O) groups excluding carboxylic acids is 2. The molecule has 0 fully saturated rings. The van der Waals surface area contributed by atoms with Crippen molar-refractivity contribution in [2.75, 3.05) is 5.32 Å². The summed E-state index contributed by atoms with van der Waals surface area (Å²) >= 11 is 3.19. The maximum atomic E-state index is 11.9. The first kappa shape index (κ1) is 18.7. The summed E-state index contributed by atoms with van der Waals surface area (Å²) in [5, 5.41) is 15.9. The Morgan fingerprint density at radius 2 is 1.88 bits per heavy atom. The topological polar surface area (TPSA) is 90.8 Å². The van der Waals surface area contributed by atoms with Gasteiger partial charge in [-0.3, -0.25) is 9.59 Å². The average molecular weight is 404 g/mol. The number of hydrogen-bond acceptors (Lipinski definition) is 4. The molecule has 0 saturated heterocycles. The molecule has 0 unspecified atom stereocenters. The number of phenolic OH excluding ortho intramolecular Hbond substituents is 1. The fraction of sp³-hybridized carbons (Fsp3) is 0.167. The minimum absolute atomic E-state index is 0.115. The van der Waals surface area contributed by atoms with Crippen molar-refractivity contribution < 1.29 is 14.7 Å². The van der Waals surface area contributed by atoms with E-state index >= 15 is 0 Å². The van der Waals surface area contributed by atoms with E-state index in [1.165, 1.54) is 12.3 Å². The summed E-state index contributed by atoms with van der Waals surface area (Å²) in [5.41, 5.74) is 5.82. The Morgan fingerprint density at radius 3 is 2.56 bits per heavy atom. The minimum Gasteiger partial charge on any atom is -0.507 e. The van der Waals surface area contributed by atoms with Crippen LogP contribution in [0.3, 0.4) is 0 Å². The molecule has 7 heteroatoms. The van der Waals surface area contributed by atoms with Gasteiger partial charge in [0.2, 0.25) is 11.8 Å². The lowest BCUT2D eigenvalue weighted by Crippen LogP contribution is -2.24. The lowest BCUT2D eigenvalue weighted by atomic mass is 10.1. The SMILES string of the molecule is Cc1ccc(NC(=O)CC(=O)N/N=C/c2ccc(O)c(Br)c2)cc1C. The number of hydrazone groups is 1. The van der Waals surface area contributed by atoms with Crippen LogP contribution in [0.2, 0.25) is 0 Å². The number of hydrogen-bond donors (Lipinski definition) is 3. The number of aryl methyl sites for hydroxylation is 2. The number of halogens is 1. The minimum atomic E-state index is -0.518. The molecule has 2 rings (SSSR count). The first-order chi connectivity index (χ1) is 11.8. The van der Waals surface area contributed by atoms with Crippen molar-refractivity contribution in [1.29, 1.82) is 0 Å². The van der Waals surface area contributed by atoms with E-state index < -0.39 is 11.8 Å². The lowest BCUT2D eigenvalue weighted by Gasteiger charge is -2.07. The summed E-state index contributed by atoms with van der Waals surface area (Å²) in [7, 11) is 0. The van der Waals surface area contributed by atoms with Gasteiger partial charge in [-0.1, -0.05) is 6.07 Å². The molecule has 0 aliphatic rings. The van der Waals surface area contributed by atoms with E-state index in [9.17, 15) is 14.7 Å². The zero-order chi connectivity index (χ0) is 18.4. The van der Waals surface area contributed by atoms with Gasteiger partial charge in [-0.05, 0) is 76.8 Å². The predicted molar refractivity (Wildman–Crippen MR) is 101 cm³/mol. The highest BCUT2D eigenvalue weighted by Gasteiger charge is 2.09. The van der Waals surface area contributed by atoms with Crippen LogP contribution in [0.25, 0.3) is 0 Å². The number of nitrogens with one attached hydrogen (secondary N) is 2. The molecule has 3 N–H and O–H groups in total. The molecule has 0 saturated carbocycles. The van der Waals surface area contributed by atoms with Gasteiger partial charge >= 0.3 is 0 Å².